The number of benzene rings is 1. The molecule has 4 heteroatoms. The molecule has 0 spiro atoms. The zero-order chi connectivity index (χ0) is 14.9. The number of hydrazone groups is 1. The van der Waals surface area contributed by atoms with Crippen LogP contribution in [0.25, 0.3) is 0 Å². The van der Waals surface area contributed by atoms with Crippen molar-refractivity contribution in [3.05, 3.63) is 33.8 Å². The molecule has 0 saturated heterocycles. The van der Waals surface area contributed by atoms with Gasteiger partial charge >= 0.3 is 0 Å². The summed E-state index contributed by atoms with van der Waals surface area (Å²) in [6.07, 6.45) is 1.98. The molecule has 0 amide bonds. The molecule has 20 heavy (non-hydrogen) atoms. The van der Waals surface area contributed by atoms with Crippen LogP contribution in [0.2, 0.25) is 5.02 Å². The first kappa shape index (κ1) is 15.3. The van der Waals surface area contributed by atoms with Crippen molar-refractivity contribution in [2.45, 2.75) is 58.6 Å². The largest absolute Gasteiger partial charge is 0.307 e. The third-order valence-corrected chi connectivity index (χ3v) is 4.05. The SMILES string of the molecule is CC1CCC(c2cc(C[O])c(Cl)cc2C(C)(C)C)=NN1. The van der Waals surface area contributed by atoms with E-state index in [-0.39, 0.29) is 12.0 Å². The molecule has 109 valence electrons. The van der Waals surface area contributed by atoms with Crippen molar-refractivity contribution in [1.29, 1.82) is 0 Å². The molecule has 1 heterocycles. The molecule has 0 aliphatic carbocycles. The smallest absolute Gasteiger partial charge is 0.109 e. The van der Waals surface area contributed by atoms with Crippen molar-refractivity contribution >= 4 is 17.3 Å². The van der Waals surface area contributed by atoms with Gasteiger partial charge in [-0.15, -0.1) is 0 Å². The van der Waals surface area contributed by atoms with E-state index in [4.69, 9.17) is 11.6 Å². The molecule has 1 aliphatic heterocycles. The zero-order valence-electron chi connectivity index (χ0n) is 12.6. The van der Waals surface area contributed by atoms with Crippen LogP contribution in [0.3, 0.4) is 0 Å². The average Bonchev–Trinajstić information content (AvgIpc) is 2.38. The minimum atomic E-state index is -0.298. The molecule has 1 unspecified atom stereocenters. The first-order chi connectivity index (χ1) is 9.32. The maximum atomic E-state index is 11.3. The van der Waals surface area contributed by atoms with Crippen LogP contribution in [0.1, 0.15) is 57.2 Å². The summed E-state index contributed by atoms with van der Waals surface area (Å²) in [4.78, 5) is 0. The molecule has 0 aromatic heterocycles. The molecule has 1 aromatic rings. The Morgan fingerprint density at radius 1 is 1.40 bits per heavy atom. The van der Waals surface area contributed by atoms with E-state index in [9.17, 15) is 5.11 Å². The second-order valence-electron chi connectivity index (χ2n) is 6.51. The summed E-state index contributed by atoms with van der Waals surface area (Å²) < 4.78 is 0. The Balaban J connectivity index is 2.55. The fraction of sp³-hybridized carbons (Fsp3) is 0.562. The lowest BCUT2D eigenvalue weighted by atomic mass is 9.81. The molecule has 0 fully saturated rings. The van der Waals surface area contributed by atoms with Gasteiger partial charge in [0, 0.05) is 22.2 Å². The fourth-order valence-corrected chi connectivity index (χ4v) is 2.66. The molecule has 0 bridgehead atoms. The molecule has 1 aromatic carbocycles. The van der Waals surface area contributed by atoms with E-state index in [1.54, 1.807) is 0 Å². The molecular formula is C16H22ClN2O. The van der Waals surface area contributed by atoms with Gasteiger partial charge in [-0.05, 0) is 42.9 Å². The fourth-order valence-electron chi connectivity index (χ4n) is 2.44. The van der Waals surface area contributed by atoms with Crippen LogP contribution >= 0.6 is 11.6 Å². The Morgan fingerprint density at radius 2 is 2.10 bits per heavy atom. The summed E-state index contributed by atoms with van der Waals surface area (Å²) in [6, 6.07) is 4.26. The number of nitrogens with zero attached hydrogens (tertiary/aromatic N) is 1. The van der Waals surface area contributed by atoms with Gasteiger partial charge in [-0.25, -0.2) is 5.11 Å². The van der Waals surface area contributed by atoms with Crippen molar-refractivity contribution in [2.75, 3.05) is 0 Å². The summed E-state index contributed by atoms with van der Waals surface area (Å²) in [5.74, 6) is 0. The normalized spacial score (nSPS) is 19.5. The standard InChI is InChI=1S/C16H22ClN2O/c1-10-5-6-15(19-18-10)12-7-11(9-20)14(17)8-13(12)16(2,3)4/h7-8,10,18H,5-6,9H2,1-4H3. The van der Waals surface area contributed by atoms with Gasteiger partial charge in [0.25, 0.3) is 0 Å². The van der Waals surface area contributed by atoms with Crippen molar-refractivity contribution in [3.8, 4) is 0 Å². The maximum Gasteiger partial charge on any atom is 0.109 e. The van der Waals surface area contributed by atoms with Crippen LogP contribution in [0.5, 0.6) is 0 Å². The van der Waals surface area contributed by atoms with Gasteiger partial charge in [0.15, 0.2) is 0 Å². The van der Waals surface area contributed by atoms with Gasteiger partial charge in [-0.2, -0.15) is 5.10 Å². The van der Waals surface area contributed by atoms with Gasteiger partial charge in [0.2, 0.25) is 0 Å². The third kappa shape index (κ3) is 3.15. The van der Waals surface area contributed by atoms with E-state index in [1.807, 2.05) is 12.1 Å². The second kappa shape index (κ2) is 5.74. The first-order valence-electron chi connectivity index (χ1n) is 7.06. The lowest BCUT2D eigenvalue weighted by Gasteiger charge is -2.27. The molecule has 1 N–H and O–H groups in total. The maximum absolute atomic E-state index is 11.3. The number of hydrogen-bond donors (Lipinski definition) is 1. The van der Waals surface area contributed by atoms with Crippen molar-refractivity contribution < 1.29 is 5.11 Å². The van der Waals surface area contributed by atoms with Crippen LogP contribution in [0.15, 0.2) is 17.2 Å². The molecule has 3 nitrogen and oxygen atoms in total. The van der Waals surface area contributed by atoms with E-state index >= 15 is 0 Å². The Bertz CT molecular complexity index is 532. The molecule has 1 atom stereocenters. The Labute approximate surface area is 126 Å². The number of rotatable bonds is 2. The summed E-state index contributed by atoms with van der Waals surface area (Å²) in [5, 5.41) is 16.3. The minimum absolute atomic E-state index is 0.0357. The third-order valence-electron chi connectivity index (χ3n) is 3.70. The van der Waals surface area contributed by atoms with Crippen molar-refractivity contribution in [2.24, 2.45) is 5.10 Å². The van der Waals surface area contributed by atoms with Crippen LogP contribution in [0.4, 0.5) is 0 Å². The van der Waals surface area contributed by atoms with Crippen LogP contribution in [0, 0.1) is 0 Å². The average molecular weight is 294 g/mol. The van der Waals surface area contributed by atoms with Crippen LogP contribution < -0.4 is 5.43 Å². The lowest BCUT2D eigenvalue weighted by Crippen LogP contribution is -2.30. The van der Waals surface area contributed by atoms with Gasteiger partial charge < -0.3 is 5.43 Å². The Hall–Kier alpha value is -1.06. The Kier molecular flexibility index (Phi) is 4.40. The minimum Gasteiger partial charge on any atom is -0.307 e. The number of nitrogens with one attached hydrogen (secondary N) is 1. The summed E-state index contributed by atoms with van der Waals surface area (Å²) in [7, 11) is 0. The van der Waals surface area contributed by atoms with Crippen molar-refractivity contribution in [1.82, 2.24) is 5.43 Å². The lowest BCUT2D eigenvalue weighted by molar-refractivity contribution is 0.177. The Morgan fingerprint density at radius 3 is 2.60 bits per heavy atom. The second-order valence-corrected chi connectivity index (χ2v) is 6.92. The van der Waals surface area contributed by atoms with Gasteiger partial charge in [-0.1, -0.05) is 32.4 Å². The highest BCUT2D eigenvalue weighted by Crippen LogP contribution is 2.32. The molecule has 0 saturated carbocycles. The monoisotopic (exact) mass is 293 g/mol. The molecular weight excluding hydrogens is 272 g/mol. The van der Waals surface area contributed by atoms with Gasteiger partial charge in [-0.3, -0.25) is 0 Å². The quantitative estimate of drug-likeness (QED) is 0.878. The number of halogens is 1. The van der Waals surface area contributed by atoms with E-state index in [2.05, 4.69) is 38.2 Å². The predicted molar refractivity (Wildman–Crippen MR) is 82.9 cm³/mol. The molecule has 1 radical (unpaired) electrons. The van der Waals surface area contributed by atoms with E-state index in [0.717, 1.165) is 29.7 Å². The van der Waals surface area contributed by atoms with E-state index in [0.29, 0.717) is 16.6 Å². The van der Waals surface area contributed by atoms with Gasteiger partial charge in [0.05, 0.1) is 5.71 Å². The highest BCUT2D eigenvalue weighted by atomic mass is 35.5. The van der Waals surface area contributed by atoms with Gasteiger partial charge in [0.1, 0.15) is 6.61 Å². The highest BCUT2D eigenvalue weighted by molar-refractivity contribution is 6.31. The highest BCUT2D eigenvalue weighted by Gasteiger charge is 2.24. The number of hydrogen-bond acceptors (Lipinski definition) is 2. The topological polar surface area (TPSA) is 44.3 Å². The summed E-state index contributed by atoms with van der Waals surface area (Å²) in [6.45, 7) is 8.28. The first-order valence-corrected chi connectivity index (χ1v) is 7.44. The summed E-state index contributed by atoms with van der Waals surface area (Å²) in [5.41, 5.74) is 6.99. The molecule has 1 aliphatic rings. The zero-order valence-corrected chi connectivity index (χ0v) is 13.3. The summed E-state index contributed by atoms with van der Waals surface area (Å²) >= 11 is 6.21. The molecule has 2 rings (SSSR count). The van der Waals surface area contributed by atoms with Crippen LogP contribution in [-0.2, 0) is 17.1 Å². The van der Waals surface area contributed by atoms with E-state index < -0.39 is 0 Å². The van der Waals surface area contributed by atoms with Crippen LogP contribution in [-0.4, -0.2) is 11.8 Å². The van der Waals surface area contributed by atoms with Crippen molar-refractivity contribution in [3.63, 3.8) is 0 Å². The van der Waals surface area contributed by atoms with E-state index in [1.165, 1.54) is 0 Å². The predicted octanol–water partition coefficient (Wildman–Crippen LogP) is 4.04.